The van der Waals surface area contributed by atoms with Gasteiger partial charge in [-0.3, -0.25) is 0 Å². The van der Waals surface area contributed by atoms with Crippen molar-refractivity contribution in [2.45, 2.75) is 132 Å². The second kappa shape index (κ2) is 69.7. The standard InChI is InChI=1S/2C6H12.2C5H9Cl.2C5H10/c2*1-3-5-6-4-2;2*1-2-3-4-5-6;2*1-3-5-4-2/h2*3,5H,4,6H2,1-2H3;2*4-5H,2-3H2,1H3;2*3H,1,4-5H2,2H3/b2*5-3-;2*5-4-;;. The van der Waals surface area contributed by atoms with Gasteiger partial charge < -0.3 is 0 Å². The van der Waals surface area contributed by atoms with Gasteiger partial charge in [0.2, 0.25) is 0 Å². The Balaban J connectivity index is -0.0000000693. The van der Waals surface area contributed by atoms with E-state index in [0.717, 1.165) is 25.7 Å². The molecule has 0 spiro atoms. The van der Waals surface area contributed by atoms with Crippen LogP contribution in [0.4, 0.5) is 0 Å². The van der Waals surface area contributed by atoms with Gasteiger partial charge in [0.15, 0.2) is 0 Å². The van der Waals surface area contributed by atoms with Gasteiger partial charge in [-0.05, 0) is 52.4 Å². The van der Waals surface area contributed by atoms with Gasteiger partial charge in [-0.1, -0.05) is 152 Å². The summed E-state index contributed by atoms with van der Waals surface area (Å²) in [5.74, 6) is 0. The highest BCUT2D eigenvalue weighted by molar-refractivity contribution is 6.25. The molecule has 2 heteroatoms. The quantitative estimate of drug-likeness (QED) is 0.226. The van der Waals surface area contributed by atoms with Gasteiger partial charge in [-0.15, -0.1) is 13.2 Å². The summed E-state index contributed by atoms with van der Waals surface area (Å²) in [6.45, 7) is 24.1. The second-order valence-electron chi connectivity index (χ2n) is 7.17. The van der Waals surface area contributed by atoms with Crippen molar-refractivity contribution >= 4 is 23.2 Å². The summed E-state index contributed by atoms with van der Waals surface area (Å²) in [4.78, 5) is 0. The Morgan fingerprint density at radius 2 is 0.676 bits per heavy atom. The van der Waals surface area contributed by atoms with Gasteiger partial charge in [0.1, 0.15) is 0 Å². The first-order chi connectivity index (χ1) is 16.5. The van der Waals surface area contributed by atoms with Gasteiger partial charge in [0.25, 0.3) is 0 Å². The molecule has 0 atom stereocenters. The molecule has 0 aromatic carbocycles. The number of allylic oxidation sites excluding steroid dienone is 8. The van der Waals surface area contributed by atoms with Crippen LogP contribution in [0.3, 0.4) is 0 Å². The number of hydrogen-bond acceptors (Lipinski definition) is 0. The Morgan fingerprint density at radius 3 is 0.735 bits per heavy atom. The van der Waals surface area contributed by atoms with Crippen LogP contribution in [-0.2, 0) is 0 Å². The van der Waals surface area contributed by atoms with Crippen LogP contribution >= 0.6 is 23.2 Å². The fourth-order valence-corrected chi connectivity index (χ4v) is 1.79. The average Bonchev–Trinajstić information content (AvgIpc) is 2.86. The van der Waals surface area contributed by atoms with E-state index in [4.69, 9.17) is 23.2 Å². The summed E-state index contributed by atoms with van der Waals surface area (Å²) in [6.07, 6.45) is 30.6. The summed E-state index contributed by atoms with van der Waals surface area (Å²) in [6, 6.07) is 0. The third-order valence-corrected chi connectivity index (χ3v) is 3.81. The molecule has 0 radical (unpaired) electrons. The van der Waals surface area contributed by atoms with E-state index in [2.05, 4.69) is 92.9 Å². The molecule has 0 aliphatic carbocycles. The first-order valence-electron chi connectivity index (χ1n) is 13.4. The number of unbranched alkanes of at least 4 members (excludes halogenated alkanes) is 6. The van der Waals surface area contributed by atoms with E-state index in [0.29, 0.717) is 0 Å². The van der Waals surface area contributed by atoms with Crippen LogP contribution < -0.4 is 0 Å². The second-order valence-corrected chi connectivity index (χ2v) is 7.67. The maximum atomic E-state index is 5.20. The summed E-state index contributed by atoms with van der Waals surface area (Å²) in [5, 5.41) is 0. The zero-order chi connectivity index (χ0) is 27.6. The highest BCUT2D eigenvalue weighted by atomic mass is 35.5. The molecule has 0 saturated heterocycles. The molecular weight excluding hydrogens is 455 g/mol. The van der Waals surface area contributed by atoms with E-state index < -0.39 is 0 Å². The van der Waals surface area contributed by atoms with Crippen LogP contribution in [0, 0.1) is 0 Å². The van der Waals surface area contributed by atoms with Crippen molar-refractivity contribution in [3.8, 4) is 0 Å². The normalized spacial score (nSPS) is 9.47. The molecule has 0 rings (SSSR count). The summed E-state index contributed by atoms with van der Waals surface area (Å²) >= 11 is 10.4. The van der Waals surface area contributed by atoms with Gasteiger partial charge >= 0.3 is 0 Å². The Morgan fingerprint density at radius 1 is 0.441 bits per heavy atom. The lowest BCUT2D eigenvalue weighted by molar-refractivity contribution is 0.957. The van der Waals surface area contributed by atoms with Gasteiger partial charge in [0.05, 0.1) is 0 Å². The molecule has 0 aromatic heterocycles. The maximum absolute atomic E-state index is 5.20. The topological polar surface area (TPSA) is 0 Å². The molecule has 0 heterocycles. The molecule has 0 aliphatic heterocycles. The van der Waals surface area contributed by atoms with Crippen molar-refractivity contribution in [2.75, 3.05) is 0 Å². The van der Waals surface area contributed by atoms with Crippen molar-refractivity contribution in [1.29, 1.82) is 0 Å². The lowest BCUT2D eigenvalue weighted by Crippen LogP contribution is -1.55. The Bertz CT molecular complexity index is 324. The van der Waals surface area contributed by atoms with Crippen LogP contribution in [0.1, 0.15) is 132 Å². The minimum atomic E-state index is 1.10. The van der Waals surface area contributed by atoms with Crippen LogP contribution in [0.5, 0.6) is 0 Å². The fraction of sp³-hybridized carbons (Fsp3) is 0.625. The first-order valence-corrected chi connectivity index (χ1v) is 14.3. The maximum Gasteiger partial charge on any atom is 0.000245 e. The van der Waals surface area contributed by atoms with E-state index >= 15 is 0 Å². The minimum absolute atomic E-state index is 1.10. The third kappa shape index (κ3) is 124. The zero-order valence-electron chi connectivity index (χ0n) is 24.4. The lowest BCUT2D eigenvalue weighted by Gasteiger charge is -1.76. The SMILES string of the molecule is C/C=C\CCC.C/C=C\CCC.C=CCCC.C=CCCC.CCC/C=C\Cl.CCC/C=C\Cl. The van der Waals surface area contributed by atoms with Crippen LogP contribution in [0.15, 0.2) is 72.8 Å². The average molecular weight is 518 g/mol. The van der Waals surface area contributed by atoms with Gasteiger partial charge in [-0.2, -0.15) is 0 Å². The molecule has 204 valence electrons. The largest absolute Gasteiger partial charge is 0.103 e. The van der Waals surface area contributed by atoms with Crippen LogP contribution in [-0.4, -0.2) is 0 Å². The summed E-state index contributed by atoms with van der Waals surface area (Å²) < 4.78 is 0. The van der Waals surface area contributed by atoms with Crippen LogP contribution in [0.2, 0.25) is 0 Å². The Kier molecular flexibility index (Phi) is 95.1. The molecular formula is C32H62Cl2. The predicted octanol–water partition coefficient (Wildman–Crippen LogP) is 13.7. The summed E-state index contributed by atoms with van der Waals surface area (Å²) in [7, 11) is 0. The van der Waals surface area contributed by atoms with Crippen molar-refractivity contribution in [3.63, 3.8) is 0 Å². The Labute approximate surface area is 228 Å². The van der Waals surface area contributed by atoms with E-state index in [1.807, 2.05) is 24.3 Å². The van der Waals surface area contributed by atoms with E-state index in [9.17, 15) is 0 Å². The van der Waals surface area contributed by atoms with E-state index in [1.165, 1.54) is 51.4 Å². The zero-order valence-corrected chi connectivity index (χ0v) is 25.9. The molecule has 0 amide bonds. The molecule has 34 heavy (non-hydrogen) atoms. The molecule has 0 aromatic rings. The van der Waals surface area contributed by atoms with Gasteiger partial charge in [-0.25, -0.2) is 0 Å². The van der Waals surface area contributed by atoms with Gasteiger partial charge in [0, 0.05) is 11.1 Å². The smallest absolute Gasteiger partial charge is 0.000245 e. The minimum Gasteiger partial charge on any atom is -0.103 e. The summed E-state index contributed by atoms with van der Waals surface area (Å²) in [5.41, 5.74) is 3.12. The van der Waals surface area contributed by atoms with Crippen molar-refractivity contribution < 1.29 is 0 Å². The molecule has 0 saturated carbocycles. The predicted molar refractivity (Wildman–Crippen MR) is 169 cm³/mol. The van der Waals surface area contributed by atoms with E-state index in [1.54, 1.807) is 11.1 Å². The van der Waals surface area contributed by atoms with Crippen molar-refractivity contribution in [3.05, 3.63) is 72.8 Å². The number of halogens is 2. The fourth-order valence-electron chi connectivity index (χ4n) is 1.53. The molecule has 0 fully saturated rings. The Hall–Kier alpha value is -0.980. The highest BCUT2D eigenvalue weighted by Gasteiger charge is 1.67. The van der Waals surface area contributed by atoms with Crippen molar-refractivity contribution in [1.82, 2.24) is 0 Å². The van der Waals surface area contributed by atoms with Crippen LogP contribution in [0.25, 0.3) is 0 Å². The van der Waals surface area contributed by atoms with E-state index in [-0.39, 0.29) is 0 Å². The van der Waals surface area contributed by atoms with Crippen molar-refractivity contribution in [2.24, 2.45) is 0 Å². The molecule has 0 N–H and O–H groups in total. The monoisotopic (exact) mass is 516 g/mol. The molecule has 0 aliphatic rings. The number of hydrogen-bond donors (Lipinski definition) is 0. The third-order valence-electron chi connectivity index (χ3n) is 3.46. The highest BCUT2D eigenvalue weighted by Crippen LogP contribution is 1.89. The molecule has 0 unspecified atom stereocenters. The molecule has 0 bridgehead atoms. The number of rotatable bonds is 12. The molecule has 0 nitrogen and oxygen atoms in total. The lowest BCUT2D eigenvalue weighted by atomic mass is 10.3. The first kappa shape index (κ1) is 46.4.